The van der Waals surface area contributed by atoms with Gasteiger partial charge in [0.1, 0.15) is 5.75 Å². The first kappa shape index (κ1) is 15.8. The largest absolute Gasteiger partial charge is 0.496 e. The number of hydrogen-bond acceptors (Lipinski definition) is 4. The molecule has 4 heteroatoms. The molecule has 0 radical (unpaired) electrons. The average Bonchev–Trinajstić information content (AvgIpc) is 2.51. The quantitative estimate of drug-likeness (QED) is 0.858. The van der Waals surface area contributed by atoms with Gasteiger partial charge < -0.3 is 20.3 Å². The second-order valence-corrected chi connectivity index (χ2v) is 5.21. The first-order chi connectivity index (χ1) is 10.1. The number of fused-ring (bicyclic) bond motifs is 1. The van der Waals surface area contributed by atoms with Crippen LogP contribution in [-0.2, 0) is 4.74 Å². The maximum Gasteiger partial charge on any atom is 0.126 e. The van der Waals surface area contributed by atoms with E-state index >= 15 is 0 Å². The fourth-order valence-corrected chi connectivity index (χ4v) is 2.38. The van der Waals surface area contributed by atoms with E-state index in [1.54, 1.807) is 14.0 Å². The Labute approximate surface area is 125 Å². The summed E-state index contributed by atoms with van der Waals surface area (Å²) in [7, 11) is 1.66. The molecular formula is C17H23NO3. The fourth-order valence-electron chi connectivity index (χ4n) is 2.38. The molecule has 0 fully saturated rings. The van der Waals surface area contributed by atoms with Crippen molar-refractivity contribution in [1.29, 1.82) is 0 Å². The predicted molar refractivity (Wildman–Crippen MR) is 84.5 cm³/mol. The number of ether oxygens (including phenoxy) is 2. The Morgan fingerprint density at radius 1 is 1.10 bits per heavy atom. The Morgan fingerprint density at radius 2 is 1.76 bits per heavy atom. The average molecular weight is 289 g/mol. The van der Waals surface area contributed by atoms with Crippen molar-refractivity contribution in [2.24, 2.45) is 5.73 Å². The van der Waals surface area contributed by atoms with Gasteiger partial charge in [-0.2, -0.15) is 0 Å². The number of aliphatic hydroxyl groups excluding tert-OH is 1. The molecule has 0 amide bonds. The molecule has 0 aliphatic rings. The van der Waals surface area contributed by atoms with Crippen molar-refractivity contribution in [3.8, 4) is 5.75 Å². The van der Waals surface area contributed by atoms with Gasteiger partial charge in [0.2, 0.25) is 0 Å². The van der Waals surface area contributed by atoms with Crippen molar-refractivity contribution >= 4 is 10.8 Å². The Bertz CT molecular complexity index is 598. The summed E-state index contributed by atoms with van der Waals surface area (Å²) in [4.78, 5) is 0. The molecule has 0 aromatic heterocycles. The van der Waals surface area contributed by atoms with Crippen LogP contribution in [0.4, 0.5) is 0 Å². The van der Waals surface area contributed by atoms with Gasteiger partial charge in [-0.25, -0.2) is 0 Å². The summed E-state index contributed by atoms with van der Waals surface area (Å²) < 4.78 is 11.3. The van der Waals surface area contributed by atoms with Crippen LogP contribution >= 0.6 is 0 Å². The van der Waals surface area contributed by atoms with E-state index in [0.29, 0.717) is 6.54 Å². The smallest absolute Gasteiger partial charge is 0.126 e. The van der Waals surface area contributed by atoms with Crippen molar-refractivity contribution in [2.75, 3.05) is 13.7 Å². The minimum absolute atomic E-state index is 0.259. The number of hydrogen-bond donors (Lipinski definition) is 2. The Kier molecular flexibility index (Phi) is 5.17. The van der Waals surface area contributed by atoms with Gasteiger partial charge in [-0.1, -0.05) is 30.3 Å². The SMILES string of the molecule is COc1ccc(C(CN)OC(C)C(C)O)c2ccccc12. The lowest BCUT2D eigenvalue weighted by Crippen LogP contribution is -2.28. The minimum Gasteiger partial charge on any atom is -0.496 e. The third-order valence-corrected chi connectivity index (χ3v) is 3.76. The molecule has 2 rings (SSSR count). The van der Waals surface area contributed by atoms with Crippen LogP contribution in [0.1, 0.15) is 25.5 Å². The van der Waals surface area contributed by atoms with E-state index < -0.39 is 6.10 Å². The van der Waals surface area contributed by atoms with E-state index in [-0.39, 0.29) is 12.2 Å². The van der Waals surface area contributed by atoms with Crippen molar-refractivity contribution in [3.05, 3.63) is 42.0 Å². The van der Waals surface area contributed by atoms with E-state index in [1.807, 2.05) is 43.3 Å². The minimum atomic E-state index is -0.538. The highest BCUT2D eigenvalue weighted by Crippen LogP contribution is 2.33. The van der Waals surface area contributed by atoms with Crippen molar-refractivity contribution in [2.45, 2.75) is 32.2 Å². The van der Waals surface area contributed by atoms with Crippen LogP contribution in [0.3, 0.4) is 0 Å². The fraction of sp³-hybridized carbons (Fsp3) is 0.412. The third-order valence-electron chi connectivity index (χ3n) is 3.76. The van der Waals surface area contributed by atoms with E-state index in [0.717, 1.165) is 22.1 Å². The van der Waals surface area contributed by atoms with Crippen LogP contribution in [-0.4, -0.2) is 31.0 Å². The summed E-state index contributed by atoms with van der Waals surface area (Å²) in [6.45, 7) is 3.91. The lowest BCUT2D eigenvalue weighted by Gasteiger charge is -2.25. The van der Waals surface area contributed by atoms with Gasteiger partial charge in [-0.3, -0.25) is 0 Å². The number of nitrogens with two attached hydrogens (primary N) is 1. The maximum atomic E-state index is 9.62. The monoisotopic (exact) mass is 289 g/mol. The zero-order valence-electron chi connectivity index (χ0n) is 12.7. The number of aliphatic hydroxyl groups is 1. The lowest BCUT2D eigenvalue weighted by atomic mass is 9.99. The Hall–Kier alpha value is -1.62. The van der Waals surface area contributed by atoms with Crippen molar-refractivity contribution in [1.82, 2.24) is 0 Å². The van der Waals surface area contributed by atoms with Gasteiger partial charge in [0, 0.05) is 11.9 Å². The van der Waals surface area contributed by atoms with Crippen molar-refractivity contribution < 1.29 is 14.6 Å². The molecule has 0 heterocycles. The molecule has 2 aromatic rings. The highest BCUT2D eigenvalue weighted by molar-refractivity contribution is 5.91. The Morgan fingerprint density at radius 3 is 2.33 bits per heavy atom. The summed E-state index contributed by atoms with van der Waals surface area (Å²) >= 11 is 0. The van der Waals surface area contributed by atoms with E-state index in [2.05, 4.69) is 0 Å². The molecule has 2 aromatic carbocycles. The molecule has 0 saturated heterocycles. The molecule has 0 saturated carbocycles. The highest BCUT2D eigenvalue weighted by atomic mass is 16.5. The summed E-state index contributed by atoms with van der Waals surface area (Å²) in [6, 6.07) is 11.9. The second kappa shape index (κ2) is 6.89. The first-order valence-corrected chi connectivity index (χ1v) is 7.17. The second-order valence-electron chi connectivity index (χ2n) is 5.21. The maximum absolute atomic E-state index is 9.62. The van der Waals surface area contributed by atoms with Crippen LogP contribution in [0.15, 0.2) is 36.4 Å². The molecule has 0 aliphatic carbocycles. The lowest BCUT2D eigenvalue weighted by molar-refractivity contribution is -0.0586. The van der Waals surface area contributed by atoms with E-state index in [9.17, 15) is 5.11 Å². The summed E-state index contributed by atoms with van der Waals surface area (Å²) in [5.41, 5.74) is 6.89. The number of rotatable bonds is 6. The van der Waals surface area contributed by atoms with E-state index in [4.69, 9.17) is 15.2 Å². The van der Waals surface area contributed by atoms with Crippen LogP contribution < -0.4 is 10.5 Å². The molecule has 0 bridgehead atoms. The van der Waals surface area contributed by atoms with Crippen molar-refractivity contribution in [3.63, 3.8) is 0 Å². The molecule has 3 unspecified atom stereocenters. The van der Waals surface area contributed by atoms with Crippen LogP contribution in [0.2, 0.25) is 0 Å². The number of benzene rings is 2. The number of methoxy groups -OCH3 is 1. The van der Waals surface area contributed by atoms with E-state index in [1.165, 1.54) is 0 Å². The molecular weight excluding hydrogens is 266 g/mol. The predicted octanol–water partition coefficient (Wildman–Crippen LogP) is 2.63. The Balaban J connectivity index is 2.44. The topological polar surface area (TPSA) is 64.7 Å². The zero-order chi connectivity index (χ0) is 15.4. The third kappa shape index (κ3) is 3.35. The molecule has 3 atom stereocenters. The molecule has 0 spiro atoms. The van der Waals surface area contributed by atoms with Gasteiger partial charge in [0.05, 0.1) is 25.4 Å². The van der Waals surface area contributed by atoms with Gasteiger partial charge in [-0.05, 0) is 30.9 Å². The summed E-state index contributed by atoms with van der Waals surface area (Å²) in [6.07, 6.45) is -1.08. The molecule has 21 heavy (non-hydrogen) atoms. The molecule has 0 aliphatic heterocycles. The normalized spacial score (nSPS) is 15.7. The van der Waals surface area contributed by atoms with Gasteiger partial charge >= 0.3 is 0 Å². The van der Waals surface area contributed by atoms with Gasteiger partial charge in [0.15, 0.2) is 0 Å². The first-order valence-electron chi connectivity index (χ1n) is 7.17. The highest BCUT2D eigenvalue weighted by Gasteiger charge is 2.20. The molecule has 3 N–H and O–H groups in total. The molecule has 114 valence electrons. The summed E-state index contributed by atoms with van der Waals surface area (Å²) in [5, 5.41) is 11.7. The van der Waals surface area contributed by atoms with Gasteiger partial charge in [0.25, 0.3) is 0 Å². The molecule has 4 nitrogen and oxygen atoms in total. The zero-order valence-corrected chi connectivity index (χ0v) is 12.7. The summed E-state index contributed by atoms with van der Waals surface area (Å²) in [5.74, 6) is 0.827. The van der Waals surface area contributed by atoms with Crippen LogP contribution in [0.25, 0.3) is 10.8 Å². The van der Waals surface area contributed by atoms with Gasteiger partial charge in [-0.15, -0.1) is 0 Å². The van der Waals surface area contributed by atoms with Crippen LogP contribution in [0, 0.1) is 0 Å². The standard InChI is InChI=1S/C17H23NO3/c1-11(19)12(2)21-17(10-18)15-8-9-16(20-3)14-7-5-4-6-13(14)15/h4-9,11-12,17,19H,10,18H2,1-3H3. The van der Waals surface area contributed by atoms with Crippen LogP contribution in [0.5, 0.6) is 5.75 Å².